The van der Waals surface area contributed by atoms with Crippen LogP contribution in [0.25, 0.3) is 5.82 Å². The number of carbonyl (C=O) groups excluding carboxylic acids is 1. The number of nitrogens with one attached hydrogen (secondary N) is 2. The molecule has 0 spiro atoms. The number of H-pyrrole nitrogens is 1. The van der Waals surface area contributed by atoms with Crippen molar-refractivity contribution < 1.29 is 9.53 Å². The molecular weight excluding hydrogens is 466 g/mol. The van der Waals surface area contributed by atoms with E-state index >= 15 is 0 Å². The number of aromatic amines is 1. The van der Waals surface area contributed by atoms with Crippen LogP contribution in [0.2, 0.25) is 0 Å². The first-order valence-corrected chi connectivity index (χ1v) is 12.6. The molecule has 0 radical (unpaired) electrons. The number of methoxy groups -OCH3 is 1. The van der Waals surface area contributed by atoms with Crippen molar-refractivity contribution in [3.05, 3.63) is 77.0 Å². The van der Waals surface area contributed by atoms with E-state index in [1.807, 2.05) is 63.5 Å². The first-order chi connectivity index (χ1) is 17.7. The molecule has 2 N–H and O–H groups in total. The molecule has 37 heavy (non-hydrogen) atoms. The predicted molar refractivity (Wildman–Crippen MR) is 141 cm³/mol. The molecule has 0 amide bonds. The minimum absolute atomic E-state index is 0.0469. The molecule has 0 unspecified atom stereocenters. The monoisotopic (exact) mass is 499 g/mol. The van der Waals surface area contributed by atoms with E-state index in [1.165, 1.54) is 0 Å². The third kappa shape index (κ3) is 5.17. The summed E-state index contributed by atoms with van der Waals surface area (Å²) in [7, 11) is 1.70. The van der Waals surface area contributed by atoms with Crippen molar-refractivity contribution in [2.75, 3.05) is 12.4 Å². The normalized spacial score (nSPS) is 19.9. The summed E-state index contributed by atoms with van der Waals surface area (Å²) in [4.78, 5) is 22.5. The molecule has 1 aliphatic rings. The molecule has 4 aromatic heterocycles. The number of hydrogen-bond donors (Lipinski definition) is 2. The van der Waals surface area contributed by atoms with Gasteiger partial charge >= 0.3 is 0 Å². The molecule has 9 nitrogen and oxygen atoms in total. The fourth-order valence-electron chi connectivity index (χ4n) is 4.97. The van der Waals surface area contributed by atoms with Crippen molar-refractivity contribution in [3.63, 3.8) is 0 Å². The maximum Gasteiger partial charge on any atom is 0.153 e. The highest BCUT2D eigenvalue weighted by atomic mass is 16.5. The summed E-state index contributed by atoms with van der Waals surface area (Å²) in [6, 6.07) is 9.93. The van der Waals surface area contributed by atoms with Crippen LogP contribution in [-0.2, 0) is 15.1 Å². The highest BCUT2D eigenvalue weighted by Crippen LogP contribution is 2.49. The van der Waals surface area contributed by atoms with Crippen molar-refractivity contribution in [3.8, 4) is 5.82 Å². The van der Waals surface area contributed by atoms with E-state index in [1.54, 1.807) is 18.0 Å². The number of rotatable bonds is 9. The molecule has 4 aromatic rings. The Labute approximate surface area is 216 Å². The molecule has 192 valence electrons. The largest absolute Gasteiger partial charge is 0.372 e. The molecule has 1 saturated carbocycles. The first kappa shape index (κ1) is 24.8. The Bertz CT molecular complexity index is 1400. The SMILES string of the molecule is COC1(c2cc(C)cc(Nc3cc(C)[nH]n3)n2)CC(C(=O)C[C@@H](C)c2ccc(-n3cc(C)cn3)nc2)C1. The molecule has 4 heterocycles. The number of ketones is 1. The fraction of sp³-hybridized carbons (Fsp3) is 0.393. The zero-order valence-corrected chi connectivity index (χ0v) is 21.9. The lowest BCUT2D eigenvalue weighted by atomic mass is 9.66. The molecular formula is C28H33N7O2. The second-order valence-corrected chi connectivity index (χ2v) is 10.3. The minimum Gasteiger partial charge on any atom is -0.372 e. The van der Waals surface area contributed by atoms with Crippen molar-refractivity contribution in [2.45, 2.75) is 58.5 Å². The van der Waals surface area contributed by atoms with Gasteiger partial charge in [-0.2, -0.15) is 10.2 Å². The highest BCUT2D eigenvalue weighted by molar-refractivity contribution is 5.83. The van der Waals surface area contributed by atoms with Gasteiger partial charge in [0.2, 0.25) is 0 Å². The van der Waals surface area contributed by atoms with Gasteiger partial charge < -0.3 is 10.1 Å². The molecule has 1 fully saturated rings. The van der Waals surface area contributed by atoms with E-state index in [2.05, 4.69) is 32.5 Å². The van der Waals surface area contributed by atoms with Crippen molar-refractivity contribution >= 4 is 17.4 Å². The van der Waals surface area contributed by atoms with Gasteiger partial charge in [-0.1, -0.05) is 13.0 Å². The lowest BCUT2D eigenvalue weighted by Gasteiger charge is -2.45. The number of ether oxygens (including phenoxy) is 1. The fourth-order valence-corrected chi connectivity index (χ4v) is 4.97. The number of nitrogens with zero attached hydrogens (tertiary/aromatic N) is 5. The van der Waals surface area contributed by atoms with E-state index in [-0.39, 0.29) is 17.6 Å². The van der Waals surface area contributed by atoms with Gasteiger partial charge in [-0.25, -0.2) is 14.6 Å². The summed E-state index contributed by atoms with van der Waals surface area (Å²) in [6.07, 6.45) is 7.31. The van der Waals surface area contributed by atoms with Gasteiger partial charge in [0.25, 0.3) is 0 Å². The molecule has 1 aliphatic carbocycles. The Balaban J connectivity index is 1.23. The van der Waals surface area contributed by atoms with Gasteiger partial charge in [0.05, 0.1) is 11.9 Å². The average Bonchev–Trinajstić information content (AvgIpc) is 3.46. The molecule has 5 rings (SSSR count). The summed E-state index contributed by atoms with van der Waals surface area (Å²) in [5, 5.41) is 14.7. The first-order valence-electron chi connectivity index (χ1n) is 12.6. The van der Waals surface area contributed by atoms with Crippen LogP contribution in [0.15, 0.2) is 48.9 Å². The van der Waals surface area contributed by atoms with Gasteiger partial charge in [-0.3, -0.25) is 9.89 Å². The molecule has 9 heteroatoms. The van der Waals surface area contributed by atoms with Crippen LogP contribution in [0.4, 0.5) is 11.6 Å². The average molecular weight is 500 g/mol. The number of hydrogen-bond acceptors (Lipinski definition) is 7. The number of aromatic nitrogens is 6. The Kier molecular flexibility index (Phi) is 6.64. The minimum atomic E-state index is -0.557. The van der Waals surface area contributed by atoms with Crippen LogP contribution in [0.5, 0.6) is 0 Å². The van der Waals surface area contributed by atoms with Gasteiger partial charge in [-0.05, 0) is 74.4 Å². The van der Waals surface area contributed by atoms with Crippen LogP contribution in [0.1, 0.15) is 60.2 Å². The Morgan fingerprint density at radius 3 is 2.59 bits per heavy atom. The van der Waals surface area contributed by atoms with Crippen molar-refractivity contribution in [1.29, 1.82) is 0 Å². The van der Waals surface area contributed by atoms with E-state index in [0.717, 1.165) is 33.9 Å². The second kappa shape index (κ2) is 9.89. The van der Waals surface area contributed by atoms with Crippen LogP contribution >= 0.6 is 0 Å². The number of aryl methyl sites for hydroxylation is 3. The van der Waals surface area contributed by atoms with E-state index in [4.69, 9.17) is 9.72 Å². The van der Waals surface area contributed by atoms with Crippen LogP contribution in [0, 0.1) is 26.7 Å². The predicted octanol–water partition coefficient (Wildman–Crippen LogP) is 5.07. The van der Waals surface area contributed by atoms with Crippen LogP contribution in [0.3, 0.4) is 0 Å². The summed E-state index contributed by atoms with van der Waals surface area (Å²) in [6.45, 7) is 8.06. The summed E-state index contributed by atoms with van der Waals surface area (Å²) < 4.78 is 7.72. The Morgan fingerprint density at radius 1 is 1.16 bits per heavy atom. The van der Waals surface area contributed by atoms with Crippen molar-refractivity contribution in [2.24, 2.45) is 5.92 Å². The molecule has 0 aliphatic heterocycles. The quantitative estimate of drug-likeness (QED) is 0.331. The highest BCUT2D eigenvalue weighted by Gasteiger charge is 2.50. The summed E-state index contributed by atoms with van der Waals surface area (Å²) in [5.41, 5.74) is 4.45. The lowest BCUT2D eigenvalue weighted by Crippen LogP contribution is -2.46. The van der Waals surface area contributed by atoms with E-state index < -0.39 is 5.60 Å². The number of Topliss-reactive ketones (excluding diaryl/α,β-unsaturated/α-hetero) is 1. The van der Waals surface area contributed by atoms with Gasteiger partial charge in [0.1, 0.15) is 17.2 Å². The molecule has 0 saturated heterocycles. The number of carbonyl (C=O) groups is 1. The zero-order chi connectivity index (χ0) is 26.2. The summed E-state index contributed by atoms with van der Waals surface area (Å²) >= 11 is 0. The molecule has 0 aromatic carbocycles. The second-order valence-electron chi connectivity index (χ2n) is 10.3. The van der Waals surface area contributed by atoms with Crippen LogP contribution < -0.4 is 5.32 Å². The topological polar surface area (TPSA) is 111 Å². The van der Waals surface area contributed by atoms with Crippen molar-refractivity contribution in [1.82, 2.24) is 29.9 Å². The molecule has 1 atom stereocenters. The van der Waals surface area contributed by atoms with Crippen LogP contribution in [-0.4, -0.2) is 42.8 Å². The lowest BCUT2D eigenvalue weighted by molar-refractivity contribution is -0.148. The molecule has 0 bridgehead atoms. The van der Waals surface area contributed by atoms with E-state index in [9.17, 15) is 4.79 Å². The maximum absolute atomic E-state index is 13.2. The standard InChI is InChI=1S/C28H33N7O2/c1-17-8-24(31-25(9-17)32-26-11-20(4)33-34-26)28(37-5)12-22(13-28)23(36)10-19(3)21-6-7-27(29-15-21)35-16-18(2)14-30-35/h6-9,11,14-16,19,22H,10,12-13H2,1-5H3,(H2,31,32,33,34)/t19-,22?,28?/m1/s1. The third-order valence-corrected chi connectivity index (χ3v) is 7.19. The number of anilines is 2. The third-order valence-electron chi connectivity index (χ3n) is 7.19. The van der Waals surface area contributed by atoms with Gasteiger partial charge in [0.15, 0.2) is 11.6 Å². The zero-order valence-electron chi connectivity index (χ0n) is 21.9. The maximum atomic E-state index is 13.2. The number of pyridine rings is 2. The van der Waals surface area contributed by atoms with E-state index in [0.29, 0.717) is 30.9 Å². The van der Waals surface area contributed by atoms with Gasteiger partial charge in [0, 0.05) is 43.6 Å². The smallest absolute Gasteiger partial charge is 0.153 e. The Morgan fingerprint density at radius 2 is 1.97 bits per heavy atom. The Hall–Kier alpha value is -3.85. The summed E-state index contributed by atoms with van der Waals surface area (Å²) in [5.74, 6) is 2.48. The van der Waals surface area contributed by atoms with Gasteiger partial charge in [-0.15, -0.1) is 0 Å².